The number of nitrogens with zero attached hydrogens (tertiary/aromatic N) is 1. The molecule has 1 rings (SSSR count). The van der Waals surface area contributed by atoms with Crippen molar-refractivity contribution in [3.8, 4) is 5.75 Å². The second kappa shape index (κ2) is 4.84. The summed E-state index contributed by atoms with van der Waals surface area (Å²) in [6.07, 6.45) is 1.96. The number of aromatic nitrogens is 1. The molecule has 0 aromatic carbocycles. The molecule has 0 radical (unpaired) electrons. The van der Waals surface area contributed by atoms with E-state index in [9.17, 15) is 4.79 Å². The second-order valence-corrected chi connectivity index (χ2v) is 4.87. The molecule has 0 bridgehead atoms. The van der Waals surface area contributed by atoms with E-state index in [1.54, 1.807) is 27.2 Å². The minimum Gasteiger partial charge on any atom is -0.496 e. The van der Waals surface area contributed by atoms with E-state index in [1.165, 1.54) is 0 Å². The van der Waals surface area contributed by atoms with Gasteiger partial charge in [-0.05, 0) is 27.7 Å². The first kappa shape index (κ1) is 13.6. The van der Waals surface area contributed by atoms with Gasteiger partial charge in [-0.3, -0.25) is 9.78 Å². The fourth-order valence-corrected chi connectivity index (χ4v) is 1.63. The molecule has 0 unspecified atom stereocenters. The predicted molar refractivity (Wildman–Crippen MR) is 67.2 cm³/mol. The fourth-order valence-electron chi connectivity index (χ4n) is 1.63. The number of methoxy groups -OCH3 is 1. The molecule has 2 N–H and O–H groups in total. The quantitative estimate of drug-likeness (QED) is 0.861. The molecule has 4 nitrogen and oxygen atoms in total. The van der Waals surface area contributed by atoms with Gasteiger partial charge in [0.15, 0.2) is 5.78 Å². The maximum atomic E-state index is 11.9. The summed E-state index contributed by atoms with van der Waals surface area (Å²) in [5.41, 5.74) is 7.55. The maximum Gasteiger partial charge on any atom is 0.158 e. The van der Waals surface area contributed by atoms with Crippen LogP contribution >= 0.6 is 0 Å². The third kappa shape index (κ3) is 3.03. The number of ether oxygens (including phenoxy) is 1. The van der Waals surface area contributed by atoms with Crippen LogP contribution in [0.3, 0.4) is 0 Å². The lowest BCUT2D eigenvalue weighted by molar-refractivity contribution is -0.122. The molecule has 17 heavy (non-hydrogen) atoms. The lowest BCUT2D eigenvalue weighted by Crippen LogP contribution is -2.42. The van der Waals surface area contributed by atoms with Gasteiger partial charge in [0.2, 0.25) is 0 Å². The first-order chi connectivity index (χ1) is 7.77. The molecular formula is C13H20N2O2. The van der Waals surface area contributed by atoms with E-state index in [2.05, 4.69) is 4.98 Å². The third-order valence-corrected chi connectivity index (χ3v) is 2.80. The summed E-state index contributed by atoms with van der Waals surface area (Å²) in [5.74, 6) is 0.761. The van der Waals surface area contributed by atoms with Crippen molar-refractivity contribution in [2.75, 3.05) is 7.11 Å². The molecule has 1 aromatic rings. The van der Waals surface area contributed by atoms with Crippen molar-refractivity contribution < 1.29 is 9.53 Å². The van der Waals surface area contributed by atoms with Crippen molar-refractivity contribution in [2.24, 2.45) is 5.73 Å². The zero-order chi connectivity index (χ0) is 13.2. The van der Waals surface area contributed by atoms with E-state index < -0.39 is 5.54 Å². The number of hydrogen-bond donors (Lipinski definition) is 1. The van der Waals surface area contributed by atoms with Crippen LogP contribution in [0.4, 0.5) is 0 Å². The molecule has 0 amide bonds. The van der Waals surface area contributed by atoms with E-state index in [-0.39, 0.29) is 12.2 Å². The largest absolute Gasteiger partial charge is 0.496 e. The maximum absolute atomic E-state index is 11.9. The van der Waals surface area contributed by atoms with Gasteiger partial charge in [-0.2, -0.15) is 0 Å². The number of nitrogens with two attached hydrogens (primary N) is 1. The molecule has 0 aliphatic rings. The zero-order valence-electron chi connectivity index (χ0n) is 11.1. The fraction of sp³-hybridized carbons (Fsp3) is 0.538. The number of aryl methyl sites for hydroxylation is 1. The topological polar surface area (TPSA) is 65.2 Å². The Morgan fingerprint density at radius 2 is 2.06 bits per heavy atom. The van der Waals surface area contributed by atoms with Gasteiger partial charge < -0.3 is 10.5 Å². The van der Waals surface area contributed by atoms with Crippen molar-refractivity contribution in [2.45, 2.75) is 39.7 Å². The number of hydrogen-bond acceptors (Lipinski definition) is 4. The lowest BCUT2D eigenvalue weighted by Gasteiger charge is -2.18. The number of pyridine rings is 1. The Labute approximate surface area is 102 Å². The molecule has 1 heterocycles. The van der Waals surface area contributed by atoms with Crippen molar-refractivity contribution in [1.29, 1.82) is 0 Å². The van der Waals surface area contributed by atoms with Gasteiger partial charge in [-0.1, -0.05) is 0 Å². The van der Waals surface area contributed by atoms with Crippen molar-refractivity contribution in [3.63, 3.8) is 0 Å². The third-order valence-electron chi connectivity index (χ3n) is 2.80. The Morgan fingerprint density at radius 1 is 1.47 bits per heavy atom. The first-order valence-electron chi connectivity index (χ1n) is 5.58. The van der Waals surface area contributed by atoms with Crippen LogP contribution in [0.25, 0.3) is 0 Å². The smallest absolute Gasteiger partial charge is 0.158 e. The van der Waals surface area contributed by atoms with Crippen LogP contribution in [0, 0.1) is 13.8 Å². The van der Waals surface area contributed by atoms with Crippen LogP contribution < -0.4 is 10.5 Å². The predicted octanol–water partition coefficient (Wildman–Crippen LogP) is 1.56. The summed E-state index contributed by atoms with van der Waals surface area (Å²) in [7, 11) is 1.62. The Hall–Kier alpha value is -1.42. The van der Waals surface area contributed by atoms with Gasteiger partial charge in [-0.25, -0.2) is 0 Å². The molecule has 94 valence electrons. The van der Waals surface area contributed by atoms with Gasteiger partial charge in [0.05, 0.1) is 24.8 Å². The standard InChI is InChI=1S/C13H20N2O2/c1-8-7-15-10(9(2)12(8)17-5)6-11(16)13(3,4)14/h7H,6,14H2,1-5H3. The van der Waals surface area contributed by atoms with Crippen LogP contribution in [0.1, 0.15) is 30.7 Å². The summed E-state index contributed by atoms with van der Waals surface area (Å²) in [4.78, 5) is 16.1. The van der Waals surface area contributed by atoms with E-state index in [0.29, 0.717) is 0 Å². The molecule has 0 spiro atoms. The van der Waals surface area contributed by atoms with Crippen LogP contribution in [-0.2, 0) is 11.2 Å². The summed E-state index contributed by atoms with van der Waals surface area (Å²) >= 11 is 0. The number of carbonyl (C=O) groups excluding carboxylic acids is 1. The molecule has 0 atom stereocenters. The Morgan fingerprint density at radius 3 is 2.53 bits per heavy atom. The highest BCUT2D eigenvalue weighted by Gasteiger charge is 2.23. The van der Waals surface area contributed by atoms with E-state index >= 15 is 0 Å². The number of carbonyl (C=O) groups is 1. The Bertz CT molecular complexity index is 434. The van der Waals surface area contributed by atoms with Crippen LogP contribution in [-0.4, -0.2) is 23.4 Å². The van der Waals surface area contributed by atoms with Gasteiger partial charge in [0.1, 0.15) is 5.75 Å². The molecule has 0 fully saturated rings. The molecule has 0 aliphatic carbocycles. The van der Waals surface area contributed by atoms with Crippen LogP contribution in [0.5, 0.6) is 5.75 Å². The van der Waals surface area contributed by atoms with Gasteiger partial charge in [0, 0.05) is 17.3 Å². The Balaban J connectivity index is 3.05. The molecule has 0 aliphatic heterocycles. The average Bonchev–Trinajstić information content (AvgIpc) is 2.21. The Kier molecular flexibility index (Phi) is 3.88. The van der Waals surface area contributed by atoms with Crippen molar-refractivity contribution in [3.05, 3.63) is 23.0 Å². The highest BCUT2D eigenvalue weighted by Crippen LogP contribution is 2.24. The molecular weight excluding hydrogens is 216 g/mol. The minimum absolute atomic E-state index is 0.0287. The number of ketones is 1. The highest BCUT2D eigenvalue weighted by molar-refractivity contribution is 5.89. The summed E-state index contributed by atoms with van der Waals surface area (Å²) in [6.45, 7) is 7.24. The summed E-state index contributed by atoms with van der Waals surface area (Å²) in [5, 5.41) is 0. The monoisotopic (exact) mass is 236 g/mol. The first-order valence-corrected chi connectivity index (χ1v) is 5.58. The highest BCUT2D eigenvalue weighted by atomic mass is 16.5. The minimum atomic E-state index is -0.827. The van der Waals surface area contributed by atoms with E-state index in [1.807, 2.05) is 13.8 Å². The summed E-state index contributed by atoms with van der Waals surface area (Å²) < 4.78 is 5.30. The number of rotatable bonds is 4. The van der Waals surface area contributed by atoms with Crippen LogP contribution in [0.2, 0.25) is 0 Å². The van der Waals surface area contributed by atoms with Crippen molar-refractivity contribution >= 4 is 5.78 Å². The second-order valence-electron chi connectivity index (χ2n) is 4.87. The molecule has 1 aromatic heterocycles. The van der Waals surface area contributed by atoms with Gasteiger partial charge >= 0.3 is 0 Å². The van der Waals surface area contributed by atoms with Gasteiger partial charge in [0.25, 0.3) is 0 Å². The summed E-state index contributed by atoms with van der Waals surface area (Å²) in [6, 6.07) is 0. The zero-order valence-corrected chi connectivity index (χ0v) is 11.1. The molecule has 0 saturated heterocycles. The van der Waals surface area contributed by atoms with Crippen LogP contribution in [0.15, 0.2) is 6.20 Å². The SMILES string of the molecule is COc1c(C)cnc(CC(=O)C(C)(C)N)c1C. The molecule has 4 heteroatoms. The average molecular weight is 236 g/mol. The number of Topliss-reactive ketones (excluding diaryl/α,β-unsaturated/α-hetero) is 1. The lowest BCUT2D eigenvalue weighted by atomic mass is 9.95. The van der Waals surface area contributed by atoms with Gasteiger partial charge in [-0.15, -0.1) is 0 Å². The van der Waals surface area contributed by atoms with Crippen molar-refractivity contribution in [1.82, 2.24) is 4.98 Å². The molecule has 0 saturated carbocycles. The normalized spacial score (nSPS) is 11.4. The van der Waals surface area contributed by atoms with E-state index in [0.717, 1.165) is 22.6 Å². The van der Waals surface area contributed by atoms with E-state index in [4.69, 9.17) is 10.5 Å².